The van der Waals surface area contributed by atoms with Crippen molar-refractivity contribution in [1.29, 1.82) is 0 Å². The number of rotatable bonds is 5. The Morgan fingerprint density at radius 3 is 2.80 bits per heavy atom. The van der Waals surface area contributed by atoms with Crippen molar-refractivity contribution in [2.45, 2.75) is 15.6 Å². The Hall–Kier alpha value is -0.760. The van der Waals surface area contributed by atoms with Crippen LogP contribution in [0.5, 0.6) is 0 Å². The van der Waals surface area contributed by atoms with Crippen LogP contribution in [0.15, 0.2) is 26.9 Å². The fraction of sp³-hybridized carbons (Fsp3) is 0.250. The second kappa shape index (κ2) is 7.31. The molecular weight excluding hydrogens is 334 g/mol. The molecule has 0 saturated carbocycles. The highest BCUT2D eigenvalue weighted by Gasteiger charge is 2.08. The van der Waals surface area contributed by atoms with Gasteiger partial charge in [0.25, 0.3) is 0 Å². The lowest BCUT2D eigenvalue weighted by Crippen LogP contribution is -2.13. The molecule has 0 atom stereocenters. The summed E-state index contributed by atoms with van der Waals surface area (Å²) in [5.74, 6) is 0.213. The summed E-state index contributed by atoms with van der Waals surface area (Å²) in [5, 5.41) is 11.4. The lowest BCUT2D eigenvalue weighted by atomic mass is 10.2. The summed E-state index contributed by atoms with van der Waals surface area (Å²) in [7, 11) is 0. The summed E-state index contributed by atoms with van der Waals surface area (Å²) in [6.07, 6.45) is 1.95. The molecule has 1 aromatic heterocycles. The van der Waals surface area contributed by atoms with Crippen molar-refractivity contribution in [2.24, 2.45) is 0 Å². The number of thioether (sulfide) groups is 2. The van der Waals surface area contributed by atoms with Crippen molar-refractivity contribution in [3.05, 3.63) is 28.8 Å². The third kappa shape index (κ3) is 4.37. The van der Waals surface area contributed by atoms with Crippen molar-refractivity contribution in [3.63, 3.8) is 0 Å². The zero-order chi connectivity index (χ0) is 14.5. The van der Waals surface area contributed by atoms with Crippen molar-refractivity contribution in [3.8, 4) is 0 Å². The van der Waals surface area contributed by atoms with Crippen LogP contribution in [0.25, 0.3) is 0 Å². The molecule has 20 heavy (non-hydrogen) atoms. The van der Waals surface area contributed by atoms with E-state index in [4.69, 9.17) is 11.6 Å². The fourth-order valence-corrected chi connectivity index (χ4v) is 3.75. The first-order valence-corrected chi connectivity index (χ1v) is 9.05. The third-order valence-electron chi connectivity index (χ3n) is 2.34. The van der Waals surface area contributed by atoms with Gasteiger partial charge in [0.2, 0.25) is 5.91 Å². The zero-order valence-electron chi connectivity index (χ0n) is 10.8. The Morgan fingerprint density at radius 1 is 1.40 bits per heavy atom. The quantitative estimate of drug-likeness (QED) is 0.831. The molecule has 0 bridgehead atoms. The van der Waals surface area contributed by atoms with E-state index in [0.717, 1.165) is 14.2 Å². The standard InChI is InChI=1S/C12H12ClN3OS3/c1-7-3-4-8(5-9(7)13)14-10(17)6-19-12-16-15-11(18-2)20-12/h3-5H,6H2,1-2H3,(H,14,17). The summed E-state index contributed by atoms with van der Waals surface area (Å²) in [4.78, 5) is 11.8. The summed E-state index contributed by atoms with van der Waals surface area (Å²) in [5.41, 5.74) is 1.69. The first-order valence-electron chi connectivity index (χ1n) is 5.65. The van der Waals surface area contributed by atoms with Crippen molar-refractivity contribution >= 4 is 58.1 Å². The Morgan fingerprint density at radius 2 is 2.15 bits per heavy atom. The minimum absolute atomic E-state index is 0.0872. The second-order valence-corrected chi connectivity index (χ2v) is 7.50. The number of halogens is 1. The third-order valence-corrected chi connectivity index (χ3v) is 5.78. The summed E-state index contributed by atoms with van der Waals surface area (Å²) < 4.78 is 1.70. The van der Waals surface area contributed by atoms with E-state index in [1.165, 1.54) is 23.1 Å². The highest BCUT2D eigenvalue weighted by molar-refractivity contribution is 8.03. The maximum absolute atomic E-state index is 11.8. The maximum Gasteiger partial charge on any atom is 0.234 e. The minimum Gasteiger partial charge on any atom is -0.325 e. The number of carbonyl (C=O) groups is 1. The molecule has 0 aliphatic rings. The van der Waals surface area contributed by atoms with Gasteiger partial charge in [0, 0.05) is 10.7 Å². The smallest absolute Gasteiger partial charge is 0.234 e. The molecule has 0 unspecified atom stereocenters. The van der Waals surface area contributed by atoms with Gasteiger partial charge >= 0.3 is 0 Å². The van der Waals surface area contributed by atoms with Crippen LogP contribution in [0.1, 0.15) is 5.56 Å². The molecule has 1 heterocycles. The molecule has 2 rings (SSSR count). The SMILES string of the molecule is CSc1nnc(SCC(=O)Nc2ccc(C)c(Cl)c2)s1. The zero-order valence-corrected chi connectivity index (χ0v) is 14.0. The molecule has 1 N–H and O–H groups in total. The predicted octanol–water partition coefficient (Wildman–Crippen LogP) is 3.95. The average Bonchev–Trinajstić information content (AvgIpc) is 2.89. The van der Waals surface area contributed by atoms with E-state index in [9.17, 15) is 4.79 Å². The molecule has 0 saturated heterocycles. The van der Waals surface area contributed by atoms with E-state index in [2.05, 4.69) is 15.5 Å². The monoisotopic (exact) mass is 345 g/mol. The highest BCUT2D eigenvalue weighted by atomic mass is 35.5. The van der Waals surface area contributed by atoms with Gasteiger partial charge in [0.1, 0.15) is 0 Å². The molecular formula is C12H12ClN3OS3. The molecule has 0 aliphatic heterocycles. The largest absolute Gasteiger partial charge is 0.325 e. The van der Waals surface area contributed by atoms with Crippen LogP contribution in [-0.4, -0.2) is 28.1 Å². The van der Waals surface area contributed by atoms with Crippen LogP contribution in [0, 0.1) is 6.92 Å². The molecule has 0 aliphatic carbocycles. The van der Waals surface area contributed by atoms with Crippen LogP contribution < -0.4 is 5.32 Å². The Bertz CT molecular complexity index is 618. The molecule has 4 nitrogen and oxygen atoms in total. The maximum atomic E-state index is 11.8. The topological polar surface area (TPSA) is 54.9 Å². The van der Waals surface area contributed by atoms with Crippen LogP contribution in [0.3, 0.4) is 0 Å². The molecule has 1 amide bonds. The lowest BCUT2D eigenvalue weighted by molar-refractivity contribution is -0.113. The molecule has 8 heteroatoms. The number of aryl methyl sites for hydroxylation is 1. The van der Waals surface area contributed by atoms with Crippen molar-refractivity contribution in [2.75, 3.05) is 17.3 Å². The number of carbonyl (C=O) groups excluding carboxylic acids is 1. The van der Waals surface area contributed by atoms with Crippen LogP contribution in [-0.2, 0) is 4.79 Å². The highest BCUT2D eigenvalue weighted by Crippen LogP contribution is 2.27. The molecule has 0 radical (unpaired) electrons. The van der Waals surface area contributed by atoms with Gasteiger partial charge in [-0.3, -0.25) is 4.79 Å². The van der Waals surface area contributed by atoms with E-state index >= 15 is 0 Å². The van der Waals surface area contributed by atoms with E-state index in [1.54, 1.807) is 17.8 Å². The molecule has 1 aromatic carbocycles. The van der Waals surface area contributed by atoms with Crippen LogP contribution in [0.4, 0.5) is 5.69 Å². The molecule has 2 aromatic rings. The van der Waals surface area contributed by atoms with Gasteiger partial charge in [0.15, 0.2) is 8.68 Å². The number of anilines is 1. The number of aromatic nitrogens is 2. The predicted molar refractivity (Wildman–Crippen MR) is 87.2 cm³/mol. The number of hydrogen-bond acceptors (Lipinski definition) is 6. The van der Waals surface area contributed by atoms with Gasteiger partial charge in [-0.25, -0.2) is 0 Å². The Kier molecular flexibility index (Phi) is 5.71. The van der Waals surface area contributed by atoms with E-state index in [-0.39, 0.29) is 5.91 Å². The first kappa shape index (κ1) is 15.6. The number of amides is 1. The van der Waals surface area contributed by atoms with E-state index < -0.39 is 0 Å². The first-order chi connectivity index (χ1) is 9.58. The number of benzene rings is 1. The molecule has 106 valence electrons. The van der Waals surface area contributed by atoms with Crippen molar-refractivity contribution < 1.29 is 4.79 Å². The number of nitrogens with one attached hydrogen (secondary N) is 1. The van der Waals surface area contributed by atoms with Gasteiger partial charge in [-0.1, -0.05) is 52.5 Å². The Balaban J connectivity index is 1.87. The fourth-order valence-electron chi connectivity index (χ4n) is 1.33. The van der Waals surface area contributed by atoms with Gasteiger partial charge < -0.3 is 5.32 Å². The average molecular weight is 346 g/mol. The lowest BCUT2D eigenvalue weighted by Gasteiger charge is -2.05. The van der Waals surface area contributed by atoms with E-state index in [0.29, 0.717) is 16.5 Å². The summed E-state index contributed by atoms with van der Waals surface area (Å²) >= 11 is 10.4. The van der Waals surface area contributed by atoms with Crippen molar-refractivity contribution in [1.82, 2.24) is 10.2 Å². The number of hydrogen-bond donors (Lipinski definition) is 1. The van der Waals surface area contributed by atoms with Gasteiger partial charge in [-0.2, -0.15) is 0 Å². The van der Waals surface area contributed by atoms with E-state index in [1.807, 2.05) is 25.3 Å². The minimum atomic E-state index is -0.0872. The van der Waals surface area contributed by atoms with Gasteiger partial charge in [-0.05, 0) is 30.9 Å². The summed E-state index contributed by atoms with van der Waals surface area (Å²) in [6, 6.07) is 5.46. The number of nitrogens with zero attached hydrogens (tertiary/aromatic N) is 2. The normalized spacial score (nSPS) is 10.6. The van der Waals surface area contributed by atoms with Crippen LogP contribution >= 0.6 is 46.5 Å². The second-order valence-electron chi connectivity index (χ2n) is 3.84. The van der Waals surface area contributed by atoms with Gasteiger partial charge in [-0.15, -0.1) is 10.2 Å². The summed E-state index contributed by atoms with van der Waals surface area (Å²) in [6.45, 7) is 1.92. The molecule has 0 spiro atoms. The Labute approximate surface area is 134 Å². The van der Waals surface area contributed by atoms with Crippen LogP contribution in [0.2, 0.25) is 5.02 Å². The van der Waals surface area contributed by atoms with Gasteiger partial charge in [0.05, 0.1) is 5.75 Å². The molecule has 0 fully saturated rings.